The van der Waals surface area contributed by atoms with E-state index in [0.29, 0.717) is 30.8 Å². The maximum atomic E-state index is 14.2. The lowest BCUT2D eigenvalue weighted by molar-refractivity contribution is -0.260. The molecule has 3 heterocycles. The quantitative estimate of drug-likeness (QED) is 0.462. The van der Waals surface area contributed by atoms with Crippen molar-refractivity contribution in [2.24, 2.45) is 0 Å². The topological polar surface area (TPSA) is 30.5 Å². The van der Waals surface area contributed by atoms with Crippen molar-refractivity contribution in [1.82, 2.24) is 5.32 Å². The predicted molar refractivity (Wildman–Crippen MR) is 104 cm³/mol. The third-order valence-electron chi connectivity index (χ3n) is 6.04. The van der Waals surface area contributed by atoms with Gasteiger partial charge in [0, 0.05) is 25.1 Å². The van der Waals surface area contributed by atoms with Crippen molar-refractivity contribution in [3.05, 3.63) is 74.7 Å². The number of hydrogen-bond donors (Lipinski definition) is 1. The summed E-state index contributed by atoms with van der Waals surface area (Å²) in [5.74, 6) is -0.969. The fourth-order valence-electron chi connectivity index (χ4n) is 4.28. The van der Waals surface area contributed by atoms with E-state index in [2.05, 4.69) is 5.32 Å². The van der Waals surface area contributed by atoms with E-state index < -0.39 is 34.1 Å². The summed E-state index contributed by atoms with van der Waals surface area (Å²) in [6.07, 6.45) is -4.16. The Labute approximate surface area is 179 Å². The Morgan fingerprint density at radius 3 is 2.33 bits per heavy atom. The number of benzene rings is 2. The van der Waals surface area contributed by atoms with Crippen molar-refractivity contribution in [3.63, 3.8) is 0 Å². The van der Waals surface area contributed by atoms with Crippen molar-refractivity contribution in [2.75, 3.05) is 13.1 Å². The zero-order chi connectivity index (χ0) is 21.3. The molecule has 3 aliphatic rings. The Morgan fingerprint density at radius 2 is 1.73 bits per heavy atom. The molecule has 3 aliphatic heterocycles. The molecule has 2 aromatic rings. The molecule has 3 nitrogen and oxygen atoms in total. The Bertz CT molecular complexity index is 1060. The number of halogens is 6. The smallest absolute Gasteiger partial charge is 0.432 e. The molecule has 0 saturated carbocycles. The van der Waals surface area contributed by atoms with Gasteiger partial charge in [-0.2, -0.15) is 13.2 Å². The van der Waals surface area contributed by atoms with Crippen LogP contribution < -0.4 is 5.32 Å². The van der Waals surface area contributed by atoms with E-state index in [9.17, 15) is 17.6 Å². The lowest BCUT2D eigenvalue weighted by Gasteiger charge is -2.39. The largest absolute Gasteiger partial charge is 0.480 e. The molecule has 0 aliphatic carbocycles. The van der Waals surface area contributed by atoms with E-state index in [1.54, 1.807) is 6.07 Å². The number of hydrogen-bond acceptors (Lipinski definition) is 3. The Balaban J connectivity index is 1.51. The van der Waals surface area contributed by atoms with Gasteiger partial charge in [-0.1, -0.05) is 35.3 Å². The fraction of sp³-hybridized carbons (Fsp3) is 0.333. The van der Waals surface area contributed by atoms with Gasteiger partial charge in [0.15, 0.2) is 5.82 Å². The van der Waals surface area contributed by atoms with Crippen LogP contribution in [0.5, 0.6) is 0 Å². The van der Waals surface area contributed by atoms with Crippen LogP contribution in [0.4, 0.5) is 17.6 Å². The predicted octanol–water partition coefficient (Wildman–Crippen LogP) is 5.68. The minimum Gasteiger partial charge on any atom is -0.480 e. The third kappa shape index (κ3) is 2.79. The average Bonchev–Trinajstić information content (AvgIpc) is 3.27. The second-order valence-electron chi connectivity index (χ2n) is 7.77. The van der Waals surface area contributed by atoms with Crippen molar-refractivity contribution in [1.29, 1.82) is 0 Å². The van der Waals surface area contributed by atoms with Crippen LogP contribution in [-0.4, -0.2) is 19.3 Å². The zero-order valence-electron chi connectivity index (χ0n) is 15.4. The molecule has 0 aromatic heterocycles. The maximum absolute atomic E-state index is 14.2. The van der Waals surface area contributed by atoms with Crippen LogP contribution in [0.15, 0.2) is 36.6 Å². The van der Waals surface area contributed by atoms with Gasteiger partial charge in [0.05, 0.1) is 22.9 Å². The molecule has 1 N–H and O–H groups in total. The van der Waals surface area contributed by atoms with Crippen LogP contribution in [0.25, 0.3) is 5.57 Å². The van der Waals surface area contributed by atoms with Gasteiger partial charge in [-0.05, 0) is 40.5 Å². The molecule has 1 saturated heterocycles. The van der Waals surface area contributed by atoms with Crippen molar-refractivity contribution >= 4 is 28.8 Å². The standard InChI is InChI=1S/C21H15Cl2F4NO2/c22-16-4-14(5-17(23)18(16)24)20(21(25,26)27)6-13(8-30-20)11-1-2-15-12(3-11)7-29-19(15)9-28-10-19/h1-5,8,28H,6-7,9-10H2. The van der Waals surface area contributed by atoms with Gasteiger partial charge < -0.3 is 14.8 Å². The highest BCUT2D eigenvalue weighted by Crippen LogP contribution is 2.53. The lowest BCUT2D eigenvalue weighted by Crippen LogP contribution is -2.56. The minimum atomic E-state index is -4.78. The first kappa shape index (κ1) is 20.1. The second-order valence-corrected chi connectivity index (χ2v) is 8.59. The summed E-state index contributed by atoms with van der Waals surface area (Å²) >= 11 is 11.5. The monoisotopic (exact) mass is 459 g/mol. The summed E-state index contributed by atoms with van der Waals surface area (Å²) in [6, 6.07) is 7.35. The summed E-state index contributed by atoms with van der Waals surface area (Å²) < 4.78 is 67.4. The number of ether oxygens (including phenoxy) is 2. The molecular weight excluding hydrogens is 445 g/mol. The number of rotatable bonds is 2. The molecule has 1 atom stereocenters. The van der Waals surface area contributed by atoms with E-state index in [1.807, 2.05) is 12.1 Å². The zero-order valence-corrected chi connectivity index (χ0v) is 16.9. The Morgan fingerprint density at radius 1 is 1.03 bits per heavy atom. The van der Waals surface area contributed by atoms with Crippen LogP contribution in [0.2, 0.25) is 10.0 Å². The minimum absolute atomic E-state index is 0.328. The molecule has 0 radical (unpaired) electrons. The SMILES string of the molecule is Fc1c(Cl)cc(C2(C(F)(F)F)CC(c3ccc4c(c3)COC43CNC3)=CO2)cc1Cl. The molecule has 158 valence electrons. The summed E-state index contributed by atoms with van der Waals surface area (Å²) in [5, 5.41) is 2.20. The van der Waals surface area contributed by atoms with Gasteiger partial charge in [-0.15, -0.1) is 0 Å². The van der Waals surface area contributed by atoms with E-state index in [1.165, 1.54) is 0 Å². The molecule has 1 fully saturated rings. The third-order valence-corrected chi connectivity index (χ3v) is 6.59. The molecule has 5 rings (SSSR count). The van der Waals surface area contributed by atoms with Crippen molar-refractivity contribution in [2.45, 2.75) is 30.4 Å². The highest BCUT2D eigenvalue weighted by molar-refractivity contribution is 6.35. The fourth-order valence-corrected chi connectivity index (χ4v) is 4.77. The number of nitrogens with one attached hydrogen (secondary N) is 1. The summed E-state index contributed by atoms with van der Waals surface area (Å²) in [5.41, 5.74) is -0.368. The van der Waals surface area contributed by atoms with E-state index in [-0.39, 0.29) is 11.2 Å². The maximum Gasteiger partial charge on any atom is 0.432 e. The molecule has 9 heteroatoms. The average molecular weight is 460 g/mol. The van der Waals surface area contributed by atoms with E-state index in [0.717, 1.165) is 29.5 Å². The first-order chi connectivity index (χ1) is 14.2. The molecular formula is C21H15Cl2F4NO2. The van der Waals surface area contributed by atoms with Crippen molar-refractivity contribution < 1.29 is 27.0 Å². The van der Waals surface area contributed by atoms with Gasteiger partial charge in [0.25, 0.3) is 0 Å². The first-order valence-corrected chi connectivity index (χ1v) is 9.98. The van der Waals surface area contributed by atoms with Gasteiger partial charge >= 0.3 is 6.18 Å². The van der Waals surface area contributed by atoms with Gasteiger partial charge in [-0.3, -0.25) is 0 Å². The molecule has 1 spiro atoms. The van der Waals surface area contributed by atoms with Crippen LogP contribution in [-0.2, 0) is 27.3 Å². The van der Waals surface area contributed by atoms with E-state index in [4.69, 9.17) is 32.7 Å². The summed E-state index contributed by atoms with van der Waals surface area (Å²) in [7, 11) is 0. The highest BCUT2D eigenvalue weighted by Gasteiger charge is 2.61. The molecule has 2 aromatic carbocycles. The van der Waals surface area contributed by atoms with Gasteiger partial charge in [0.2, 0.25) is 5.60 Å². The Kier molecular flexibility index (Phi) is 4.42. The number of alkyl halides is 3. The molecule has 0 bridgehead atoms. The van der Waals surface area contributed by atoms with Crippen molar-refractivity contribution in [3.8, 4) is 0 Å². The van der Waals surface area contributed by atoms with Crippen LogP contribution in [0.1, 0.15) is 28.7 Å². The highest BCUT2D eigenvalue weighted by atomic mass is 35.5. The van der Waals surface area contributed by atoms with Gasteiger partial charge in [0.1, 0.15) is 5.60 Å². The van der Waals surface area contributed by atoms with Crippen LogP contribution in [0.3, 0.4) is 0 Å². The van der Waals surface area contributed by atoms with Crippen LogP contribution >= 0.6 is 23.2 Å². The van der Waals surface area contributed by atoms with E-state index >= 15 is 0 Å². The summed E-state index contributed by atoms with van der Waals surface area (Å²) in [4.78, 5) is 0. The lowest BCUT2D eigenvalue weighted by atomic mass is 9.83. The number of fused-ring (bicyclic) bond motifs is 2. The summed E-state index contributed by atoms with van der Waals surface area (Å²) in [6.45, 7) is 1.84. The normalized spacial score (nSPS) is 24.4. The van der Waals surface area contributed by atoms with Gasteiger partial charge in [-0.25, -0.2) is 4.39 Å². The molecule has 0 amide bonds. The van der Waals surface area contributed by atoms with Crippen LogP contribution in [0, 0.1) is 5.82 Å². The Hall–Kier alpha value is -1.80. The molecule has 30 heavy (non-hydrogen) atoms. The molecule has 1 unspecified atom stereocenters. The first-order valence-electron chi connectivity index (χ1n) is 9.22. The second kappa shape index (κ2) is 6.60.